The van der Waals surface area contributed by atoms with Crippen molar-refractivity contribution in [3.05, 3.63) is 62.1 Å². The first-order chi connectivity index (χ1) is 9.90. The summed E-state index contributed by atoms with van der Waals surface area (Å²) in [6, 6.07) is 8.04. The second-order valence-electron chi connectivity index (χ2n) is 3.89. The SMILES string of the molecule is O=C(O)c1c(Cl)ccc(Oc2ccc([N+](=O)[O-])cc2)c1Cl. The number of ether oxygens (including phenoxy) is 1. The topological polar surface area (TPSA) is 89.7 Å². The van der Waals surface area contributed by atoms with E-state index in [9.17, 15) is 14.9 Å². The maximum atomic E-state index is 11.1. The van der Waals surface area contributed by atoms with E-state index in [2.05, 4.69) is 0 Å². The summed E-state index contributed by atoms with van der Waals surface area (Å²) in [5.74, 6) is -0.910. The van der Waals surface area contributed by atoms with E-state index in [1.807, 2.05) is 0 Å². The lowest BCUT2D eigenvalue weighted by Gasteiger charge is -2.10. The summed E-state index contributed by atoms with van der Waals surface area (Å²) in [5, 5.41) is 19.4. The summed E-state index contributed by atoms with van der Waals surface area (Å²) in [4.78, 5) is 21.1. The number of hydrogen-bond donors (Lipinski definition) is 1. The first-order valence-corrected chi connectivity index (χ1v) is 6.29. The number of benzene rings is 2. The van der Waals surface area contributed by atoms with Gasteiger partial charge in [-0.2, -0.15) is 0 Å². The van der Waals surface area contributed by atoms with Crippen LogP contribution in [0.3, 0.4) is 0 Å². The number of non-ortho nitro benzene ring substituents is 1. The Labute approximate surface area is 128 Å². The number of aromatic carboxylic acids is 1. The summed E-state index contributed by atoms with van der Waals surface area (Å²) in [6.07, 6.45) is 0. The number of carboxylic acid groups (broad SMARTS) is 1. The molecule has 0 atom stereocenters. The van der Waals surface area contributed by atoms with Crippen LogP contribution >= 0.6 is 23.2 Å². The smallest absolute Gasteiger partial charge is 0.338 e. The summed E-state index contributed by atoms with van der Waals surface area (Å²) in [7, 11) is 0. The van der Waals surface area contributed by atoms with Gasteiger partial charge < -0.3 is 9.84 Å². The normalized spacial score (nSPS) is 10.2. The summed E-state index contributed by atoms with van der Waals surface area (Å²) in [5.41, 5.74) is -0.353. The number of nitro benzene ring substituents is 1. The van der Waals surface area contributed by atoms with Crippen LogP contribution in [0.1, 0.15) is 10.4 Å². The number of halogens is 2. The van der Waals surface area contributed by atoms with Gasteiger partial charge >= 0.3 is 5.97 Å². The van der Waals surface area contributed by atoms with Crippen molar-refractivity contribution in [1.29, 1.82) is 0 Å². The molecule has 2 aromatic rings. The monoisotopic (exact) mass is 327 g/mol. The molecule has 0 heterocycles. The molecule has 0 aliphatic rings. The summed E-state index contributed by atoms with van der Waals surface area (Å²) >= 11 is 11.7. The minimum absolute atomic E-state index is 0.0106. The predicted octanol–water partition coefficient (Wildman–Crippen LogP) is 4.39. The number of nitro groups is 1. The average Bonchev–Trinajstić information content (AvgIpc) is 2.42. The molecule has 0 spiro atoms. The first kappa shape index (κ1) is 15.1. The van der Waals surface area contributed by atoms with Gasteiger partial charge in [0, 0.05) is 12.1 Å². The zero-order valence-corrected chi connectivity index (χ0v) is 11.8. The highest BCUT2D eigenvalue weighted by molar-refractivity contribution is 6.40. The van der Waals surface area contributed by atoms with Crippen LogP contribution < -0.4 is 4.74 Å². The molecule has 0 radical (unpaired) electrons. The van der Waals surface area contributed by atoms with E-state index in [0.29, 0.717) is 0 Å². The molecule has 21 heavy (non-hydrogen) atoms. The van der Waals surface area contributed by atoms with Crippen LogP contribution in [0.5, 0.6) is 11.5 Å². The van der Waals surface area contributed by atoms with E-state index >= 15 is 0 Å². The molecule has 0 unspecified atom stereocenters. The lowest BCUT2D eigenvalue weighted by atomic mass is 10.2. The fourth-order valence-electron chi connectivity index (χ4n) is 1.57. The van der Waals surface area contributed by atoms with E-state index < -0.39 is 10.9 Å². The van der Waals surface area contributed by atoms with Crippen molar-refractivity contribution in [2.45, 2.75) is 0 Å². The summed E-state index contributed by atoms with van der Waals surface area (Å²) in [6.45, 7) is 0. The number of nitrogens with zero attached hydrogens (tertiary/aromatic N) is 1. The van der Waals surface area contributed by atoms with Gasteiger partial charge in [-0.1, -0.05) is 23.2 Å². The highest BCUT2D eigenvalue weighted by atomic mass is 35.5. The van der Waals surface area contributed by atoms with Gasteiger partial charge in [-0.3, -0.25) is 10.1 Å². The molecule has 0 aliphatic heterocycles. The molecule has 2 aromatic carbocycles. The third-order valence-electron chi connectivity index (χ3n) is 2.54. The van der Waals surface area contributed by atoms with Crippen LogP contribution in [0.2, 0.25) is 10.0 Å². The Morgan fingerprint density at radius 3 is 2.29 bits per heavy atom. The standard InChI is InChI=1S/C13H7Cl2NO5/c14-9-5-6-10(12(15)11(9)13(17)18)21-8-3-1-7(2-4-8)16(19)20/h1-6H,(H,17,18). The van der Waals surface area contributed by atoms with E-state index in [1.54, 1.807) is 0 Å². The van der Waals surface area contributed by atoms with Crippen molar-refractivity contribution < 1.29 is 19.6 Å². The Bertz CT molecular complexity index is 715. The quantitative estimate of drug-likeness (QED) is 0.664. The van der Waals surface area contributed by atoms with Crippen molar-refractivity contribution >= 4 is 34.9 Å². The second kappa shape index (κ2) is 5.99. The van der Waals surface area contributed by atoms with Gasteiger partial charge in [0.05, 0.1) is 15.0 Å². The highest BCUT2D eigenvalue weighted by Gasteiger charge is 2.18. The molecular weight excluding hydrogens is 321 g/mol. The Kier molecular flexibility index (Phi) is 4.30. The van der Waals surface area contributed by atoms with E-state index in [1.165, 1.54) is 36.4 Å². The molecule has 8 heteroatoms. The van der Waals surface area contributed by atoms with Gasteiger partial charge in [-0.05, 0) is 24.3 Å². The molecule has 2 rings (SSSR count). The van der Waals surface area contributed by atoms with Crippen molar-refractivity contribution in [3.8, 4) is 11.5 Å². The zero-order valence-electron chi connectivity index (χ0n) is 10.2. The van der Waals surface area contributed by atoms with Gasteiger partial charge in [-0.25, -0.2) is 4.79 Å². The van der Waals surface area contributed by atoms with Crippen LogP contribution in [-0.2, 0) is 0 Å². The van der Waals surface area contributed by atoms with Crippen LogP contribution in [0, 0.1) is 10.1 Å². The molecule has 108 valence electrons. The van der Waals surface area contributed by atoms with Crippen molar-refractivity contribution in [1.82, 2.24) is 0 Å². The number of carboxylic acids is 1. The zero-order chi connectivity index (χ0) is 15.6. The largest absolute Gasteiger partial charge is 0.478 e. The minimum atomic E-state index is -1.28. The van der Waals surface area contributed by atoms with E-state index in [4.69, 9.17) is 33.0 Å². The van der Waals surface area contributed by atoms with Crippen molar-refractivity contribution in [2.75, 3.05) is 0 Å². The Hall–Kier alpha value is -2.31. The number of hydrogen-bond acceptors (Lipinski definition) is 4. The van der Waals surface area contributed by atoms with Crippen LogP contribution in [0.25, 0.3) is 0 Å². The Balaban J connectivity index is 2.34. The molecule has 0 aliphatic carbocycles. The summed E-state index contributed by atoms with van der Waals surface area (Å²) < 4.78 is 5.41. The third kappa shape index (κ3) is 3.24. The van der Waals surface area contributed by atoms with Gasteiger partial charge in [0.25, 0.3) is 5.69 Å². The van der Waals surface area contributed by atoms with E-state index in [0.717, 1.165) is 0 Å². The average molecular weight is 328 g/mol. The minimum Gasteiger partial charge on any atom is -0.478 e. The maximum Gasteiger partial charge on any atom is 0.338 e. The molecule has 0 saturated carbocycles. The maximum absolute atomic E-state index is 11.1. The van der Waals surface area contributed by atoms with Crippen LogP contribution in [-0.4, -0.2) is 16.0 Å². The number of carbonyl (C=O) groups is 1. The highest BCUT2D eigenvalue weighted by Crippen LogP contribution is 2.36. The van der Waals surface area contributed by atoms with Gasteiger partial charge in [0.1, 0.15) is 17.1 Å². The molecule has 0 saturated heterocycles. The molecule has 6 nitrogen and oxygen atoms in total. The molecular formula is C13H7Cl2NO5. The first-order valence-electron chi connectivity index (χ1n) is 5.53. The third-order valence-corrected chi connectivity index (χ3v) is 3.24. The van der Waals surface area contributed by atoms with Crippen molar-refractivity contribution in [2.24, 2.45) is 0 Å². The fraction of sp³-hybridized carbons (Fsp3) is 0. The predicted molar refractivity (Wildman–Crippen MR) is 76.6 cm³/mol. The van der Waals surface area contributed by atoms with Gasteiger partial charge in [0.2, 0.25) is 0 Å². The van der Waals surface area contributed by atoms with Gasteiger partial charge in [0.15, 0.2) is 0 Å². The van der Waals surface area contributed by atoms with Crippen molar-refractivity contribution in [3.63, 3.8) is 0 Å². The fourth-order valence-corrected chi connectivity index (χ4v) is 2.14. The van der Waals surface area contributed by atoms with Gasteiger partial charge in [-0.15, -0.1) is 0 Å². The molecule has 0 amide bonds. The molecule has 0 fully saturated rings. The Morgan fingerprint density at radius 2 is 1.76 bits per heavy atom. The Morgan fingerprint density at radius 1 is 1.14 bits per heavy atom. The molecule has 0 aromatic heterocycles. The second-order valence-corrected chi connectivity index (χ2v) is 4.68. The lowest BCUT2D eigenvalue weighted by molar-refractivity contribution is -0.384. The lowest BCUT2D eigenvalue weighted by Crippen LogP contribution is -2.00. The van der Waals surface area contributed by atoms with Crippen LogP contribution in [0.15, 0.2) is 36.4 Å². The molecule has 1 N–H and O–H groups in total. The number of rotatable bonds is 4. The van der Waals surface area contributed by atoms with Crippen LogP contribution in [0.4, 0.5) is 5.69 Å². The van der Waals surface area contributed by atoms with E-state index in [-0.39, 0.29) is 32.8 Å². The molecule has 0 bridgehead atoms.